The van der Waals surface area contributed by atoms with Crippen LogP contribution in [-0.4, -0.2) is 41.7 Å². The molecule has 0 bridgehead atoms. The fourth-order valence-electron chi connectivity index (χ4n) is 2.99. The lowest BCUT2D eigenvalue weighted by Crippen LogP contribution is -2.51. The lowest BCUT2D eigenvalue weighted by Gasteiger charge is -2.36. The number of amides is 1. The molecule has 0 saturated heterocycles. The maximum Gasteiger partial charge on any atom is 0.263 e. The van der Waals surface area contributed by atoms with E-state index in [1.807, 2.05) is 27.7 Å². The van der Waals surface area contributed by atoms with Gasteiger partial charge >= 0.3 is 0 Å². The molecule has 1 amide bonds. The average Bonchev–Trinajstić information content (AvgIpc) is 2.57. The van der Waals surface area contributed by atoms with Gasteiger partial charge in [-0.05, 0) is 50.8 Å². The third-order valence-electron chi connectivity index (χ3n) is 4.75. The number of rotatable bonds is 6. The third-order valence-corrected chi connectivity index (χ3v) is 5.08. The summed E-state index contributed by atoms with van der Waals surface area (Å²) in [5.41, 5.74) is 2.65. The van der Waals surface area contributed by atoms with Crippen molar-refractivity contribution in [2.24, 2.45) is 0 Å². The van der Waals surface area contributed by atoms with Crippen molar-refractivity contribution in [1.29, 1.82) is 0 Å². The Bertz CT molecular complexity index is 632. The molecule has 1 atom stereocenters. The minimum atomic E-state index is -0.900. The summed E-state index contributed by atoms with van der Waals surface area (Å²) in [5.74, 6) is 0.937. The zero-order chi connectivity index (χ0) is 17.9. The van der Waals surface area contributed by atoms with Crippen LogP contribution in [0.2, 0.25) is 0 Å². The third kappa shape index (κ3) is 3.70. The van der Waals surface area contributed by atoms with Crippen LogP contribution in [0.4, 0.5) is 0 Å². The van der Waals surface area contributed by atoms with Gasteiger partial charge in [-0.1, -0.05) is 15.9 Å². The zero-order valence-corrected chi connectivity index (χ0v) is 16.4. The quantitative estimate of drug-likeness (QED) is 0.569. The van der Waals surface area contributed by atoms with Crippen LogP contribution in [0, 0.1) is 20.8 Å². The molecule has 0 radical (unpaired) electrons. The number of carbonyl (C=O) groups is 1. The molecule has 1 aliphatic rings. The van der Waals surface area contributed by atoms with Crippen LogP contribution in [0.1, 0.15) is 35.6 Å². The summed E-state index contributed by atoms with van der Waals surface area (Å²) >= 11 is 3.29. The van der Waals surface area contributed by atoms with Crippen molar-refractivity contribution in [2.75, 3.05) is 25.1 Å². The number of aromatic hydroxyl groups is 1. The van der Waals surface area contributed by atoms with E-state index in [2.05, 4.69) is 21.2 Å². The molecule has 0 aliphatic carbocycles. The number of carbonyl (C=O) groups excluding carboxylic acids is 1. The smallest absolute Gasteiger partial charge is 0.263 e. The maximum atomic E-state index is 12.6. The highest BCUT2D eigenvalue weighted by Gasteiger charge is 2.40. The molecule has 0 spiro atoms. The van der Waals surface area contributed by atoms with Gasteiger partial charge in [0.1, 0.15) is 11.5 Å². The van der Waals surface area contributed by atoms with E-state index in [4.69, 9.17) is 9.47 Å². The van der Waals surface area contributed by atoms with Crippen molar-refractivity contribution < 1.29 is 19.4 Å². The first-order chi connectivity index (χ1) is 11.3. The maximum absolute atomic E-state index is 12.6. The molecule has 2 N–H and O–H groups in total. The van der Waals surface area contributed by atoms with Crippen molar-refractivity contribution in [1.82, 2.24) is 5.32 Å². The largest absolute Gasteiger partial charge is 0.507 e. The van der Waals surface area contributed by atoms with Gasteiger partial charge in [0, 0.05) is 23.9 Å². The van der Waals surface area contributed by atoms with E-state index in [9.17, 15) is 9.90 Å². The van der Waals surface area contributed by atoms with E-state index in [0.29, 0.717) is 38.3 Å². The van der Waals surface area contributed by atoms with Gasteiger partial charge in [-0.3, -0.25) is 4.79 Å². The summed E-state index contributed by atoms with van der Waals surface area (Å²) in [4.78, 5) is 12.6. The molecular formula is C18H26BrNO4. The number of phenolic OH excluding ortho intramolecular Hbond substituents is 1. The topological polar surface area (TPSA) is 67.8 Å². The van der Waals surface area contributed by atoms with Crippen LogP contribution >= 0.6 is 15.9 Å². The molecule has 1 aliphatic heterocycles. The van der Waals surface area contributed by atoms with Crippen LogP contribution in [-0.2, 0) is 16.0 Å². The Morgan fingerprint density at radius 3 is 2.67 bits per heavy atom. The molecule has 1 aromatic carbocycles. The van der Waals surface area contributed by atoms with Crippen molar-refractivity contribution in [3.05, 3.63) is 22.3 Å². The van der Waals surface area contributed by atoms with E-state index in [-0.39, 0.29) is 5.91 Å². The standard InChI is InChI=1S/C18H26BrNO4/c1-11-12(2)16-14(13(3)15(11)21)5-6-18(4,24-16)17(22)20-8-10-23-9-7-19/h21H,5-10H2,1-4H3,(H,20,22). The van der Waals surface area contributed by atoms with Crippen LogP contribution in [0.15, 0.2) is 0 Å². The molecule has 0 saturated carbocycles. The predicted molar refractivity (Wildman–Crippen MR) is 97.3 cm³/mol. The summed E-state index contributed by atoms with van der Waals surface area (Å²) in [6.07, 6.45) is 1.29. The number of alkyl halides is 1. The zero-order valence-electron chi connectivity index (χ0n) is 14.8. The summed E-state index contributed by atoms with van der Waals surface area (Å²) < 4.78 is 11.5. The van der Waals surface area contributed by atoms with Crippen LogP contribution in [0.3, 0.4) is 0 Å². The van der Waals surface area contributed by atoms with Crippen molar-refractivity contribution in [3.63, 3.8) is 0 Å². The molecule has 134 valence electrons. The Balaban J connectivity index is 2.12. The first-order valence-corrected chi connectivity index (χ1v) is 9.36. The summed E-state index contributed by atoms with van der Waals surface area (Å²) in [7, 11) is 0. The van der Waals surface area contributed by atoms with Crippen molar-refractivity contribution in [3.8, 4) is 11.5 Å². The monoisotopic (exact) mass is 399 g/mol. The fraction of sp³-hybridized carbons (Fsp3) is 0.611. The summed E-state index contributed by atoms with van der Waals surface area (Å²) in [5, 5.41) is 13.9. The molecule has 5 nitrogen and oxygen atoms in total. The number of halogens is 1. The molecule has 0 fully saturated rings. The summed E-state index contributed by atoms with van der Waals surface area (Å²) in [6.45, 7) is 9.08. The Morgan fingerprint density at radius 1 is 1.29 bits per heavy atom. The number of ether oxygens (including phenoxy) is 2. The first kappa shape index (κ1) is 19.1. The minimum absolute atomic E-state index is 0.127. The fourth-order valence-corrected chi connectivity index (χ4v) is 3.22. The van der Waals surface area contributed by atoms with Crippen molar-refractivity contribution >= 4 is 21.8 Å². The van der Waals surface area contributed by atoms with Gasteiger partial charge in [-0.15, -0.1) is 0 Å². The van der Waals surface area contributed by atoms with Crippen molar-refractivity contribution in [2.45, 2.75) is 46.1 Å². The van der Waals surface area contributed by atoms with Gasteiger partial charge in [0.25, 0.3) is 5.91 Å². The Hall–Kier alpha value is -1.27. The normalized spacial score (nSPS) is 19.5. The van der Waals surface area contributed by atoms with E-state index < -0.39 is 5.60 Å². The number of nitrogens with one attached hydrogen (secondary N) is 1. The lowest BCUT2D eigenvalue weighted by molar-refractivity contribution is -0.137. The van der Waals surface area contributed by atoms with Gasteiger partial charge in [-0.25, -0.2) is 0 Å². The van der Waals surface area contributed by atoms with Gasteiger partial charge in [0.05, 0.1) is 13.2 Å². The predicted octanol–water partition coefficient (Wildman–Crippen LogP) is 2.93. The lowest BCUT2D eigenvalue weighted by atomic mass is 9.86. The Kier molecular flexibility index (Phi) is 6.15. The molecule has 0 aromatic heterocycles. The second-order valence-electron chi connectivity index (χ2n) is 6.42. The van der Waals surface area contributed by atoms with Crippen LogP contribution in [0.25, 0.3) is 0 Å². The second kappa shape index (κ2) is 7.74. The molecule has 1 aromatic rings. The molecule has 1 unspecified atom stereocenters. The number of phenols is 1. The SMILES string of the molecule is Cc1c(C)c2c(c(C)c1O)CCC(C)(C(=O)NCCOCCBr)O2. The van der Waals surface area contributed by atoms with Gasteiger partial charge in [0.15, 0.2) is 5.60 Å². The van der Waals surface area contributed by atoms with E-state index in [1.54, 1.807) is 0 Å². The second-order valence-corrected chi connectivity index (χ2v) is 7.21. The van der Waals surface area contributed by atoms with Crippen LogP contribution in [0.5, 0.6) is 11.5 Å². The minimum Gasteiger partial charge on any atom is -0.507 e. The molecule has 2 rings (SSSR count). The number of hydrogen-bond acceptors (Lipinski definition) is 4. The van der Waals surface area contributed by atoms with E-state index in [0.717, 1.165) is 33.3 Å². The van der Waals surface area contributed by atoms with Gasteiger partial charge < -0.3 is 19.9 Å². The number of hydrogen-bond donors (Lipinski definition) is 2. The molecule has 1 heterocycles. The molecule has 6 heteroatoms. The summed E-state index contributed by atoms with van der Waals surface area (Å²) in [6, 6.07) is 0. The molecular weight excluding hydrogens is 374 g/mol. The number of benzene rings is 1. The van der Waals surface area contributed by atoms with Gasteiger partial charge in [0.2, 0.25) is 0 Å². The van der Waals surface area contributed by atoms with E-state index >= 15 is 0 Å². The van der Waals surface area contributed by atoms with E-state index in [1.165, 1.54) is 0 Å². The highest BCUT2D eigenvalue weighted by atomic mass is 79.9. The Morgan fingerprint density at radius 2 is 2.00 bits per heavy atom. The molecule has 24 heavy (non-hydrogen) atoms. The van der Waals surface area contributed by atoms with Crippen LogP contribution < -0.4 is 10.1 Å². The highest BCUT2D eigenvalue weighted by Crippen LogP contribution is 2.43. The first-order valence-electron chi connectivity index (χ1n) is 8.24. The highest BCUT2D eigenvalue weighted by molar-refractivity contribution is 9.09. The average molecular weight is 400 g/mol. The Labute approximate surface area is 151 Å². The number of fused-ring (bicyclic) bond motifs is 1. The van der Waals surface area contributed by atoms with Gasteiger partial charge in [-0.2, -0.15) is 0 Å².